The Kier molecular flexibility index (Phi) is 5.15. The van der Waals surface area contributed by atoms with Crippen molar-refractivity contribution in [3.63, 3.8) is 0 Å². The maximum atomic E-state index is 11.6. The number of nitrogens with zero attached hydrogens (tertiary/aromatic N) is 3. The van der Waals surface area contributed by atoms with Crippen LogP contribution in [0, 0.1) is 0 Å². The lowest BCUT2D eigenvalue weighted by Crippen LogP contribution is -2.24. The van der Waals surface area contributed by atoms with Gasteiger partial charge in [-0.1, -0.05) is 11.8 Å². The number of hydrogen-bond donors (Lipinski definition) is 2. The van der Waals surface area contributed by atoms with Gasteiger partial charge in [0, 0.05) is 25.7 Å². The summed E-state index contributed by atoms with van der Waals surface area (Å²) in [6.45, 7) is 2.86. The zero-order chi connectivity index (χ0) is 15.2. The summed E-state index contributed by atoms with van der Waals surface area (Å²) in [4.78, 5) is 30.9. The van der Waals surface area contributed by atoms with Crippen molar-refractivity contribution in [2.45, 2.75) is 25.0 Å². The molecule has 8 heteroatoms. The van der Waals surface area contributed by atoms with Gasteiger partial charge in [-0.2, -0.15) is 0 Å². The Morgan fingerprint density at radius 2 is 2.29 bits per heavy atom. The minimum Gasteiger partial charge on any atom is -0.481 e. The van der Waals surface area contributed by atoms with Crippen LogP contribution in [-0.4, -0.2) is 43.8 Å². The van der Waals surface area contributed by atoms with Crippen molar-refractivity contribution in [1.82, 2.24) is 19.9 Å². The Balaban J connectivity index is 2.22. The number of thioether (sulfide) groups is 1. The summed E-state index contributed by atoms with van der Waals surface area (Å²) < 4.78 is 1.79. The molecule has 1 amide bonds. The maximum absolute atomic E-state index is 11.6. The second kappa shape index (κ2) is 7.07. The predicted molar refractivity (Wildman–Crippen MR) is 79.2 cm³/mol. The monoisotopic (exact) mass is 308 g/mol. The number of aromatic nitrogens is 3. The Labute approximate surface area is 125 Å². The molecule has 0 atom stereocenters. The van der Waals surface area contributed by atoms with E-state index in [4.69, 9.17) is 5.11 Å². The van der Waals surface area contributed by atoms with E-state index < -0.39 is 5.97 Å². The van der Waals surface area contributed by atoms with Gasteiger partial charge in [-0.3, -0.25) is 9.59 Å². The quantitative estimate of drug-likeness (QED) is 0.744. The van der Waals surface area contributed by atoms with E-state index in [-0.39, 0.29) is 11.7 Å². The van der Waals surface area contributed by atoms with Crippen LogP contribution in [-0.2, 0) is 16.1 Å². The Bertz CT molecular complexity index is 656. The molecular weight excluding hydrogens is 292 g/mol. The predicted octanol–water partition coefficient (Wildman–Crippen LogP) is 1.13. The number of pyridine rings is 1. The number of hydrogen-bond acceptors (Lipinski definition) is 5. The van der Waals surface area contributed by atoms with E-state index in [1.807, 2.05) is 13.0 Å². The molecule has 2 aromatic rings. The van der Waals surface area contributed by atoms with E-state index in [1.54, 1.807) is 16.8 Å². The highest BCUT2D eigenvalue weighted by Crippen LogP contribution is 2.22. The van der Waals surface area contributed by atoms with E-state index in [0.29, 0.717) is 35.8 Å². The van der Waals surface area contributed by atoms with Crippen molar-refractivity contribution in [2.24, 2.45) is 0 Å². The topological polar surface area (TPSA) is 97.1 Å². The highest BCUT2D eigenvalue weighted by molar-refractivity contribution is 7.99. The maximum Gasteiger partial charge on any atom is 0.313 e. The number of fused-ring (bicyclic) bond motifs is 1. The molecule has 7 nitrogen and oxygen atoms in total. The number of carbonyl (C=O) groups is 2. The summed E-state index contributed by atoms with van der Waals surface area (Å²) in [7, 11) is 0. The van der Waals surface area contributed by atoms with E-state index in [9.17, 15) is 9.59 Å². The third-order valence-electron chi connectivity index (χ3n) is 2.73. The van der Waals surface area contributed by atoms with Gasteiger partial charge in [0.1, 0.15) is 5.52 Å². The molecule has 2 heterocycles. The van der Waals surface area contributed by atoms with Gasteiger partial charge in [0.25, 0.3) is 0 Å². The van der Waals surface area contributed by atoms with Crippen molar-refractivity contribution >= 4 is 34.8 Å². The molecule has 0 saturated heterocycles. The van der Waals surface area contributed by atoms with Gasteiger partial charge >= 0.3 is 5.97 Å². The summed E-state index contributed by atoms with van der Waals surface area (Å²) in [5.41, 5.74) is 1.36. The fraction of sp³-hybridized carbons (Fsp3) is 0.385. The zero-order valence-corrected chi connectivity index (χ0v) is 12.4. The first-order chi connectivity index (χ1) is 10.1. The average molecular weight is 308 g/mol. The summed E-state index contributed by atoms with van der Waals surface area (Å²) in [6, 6.07) is 3.59. The standard InChI is InChI=1S/C13H16N4O3S/c1-2-14-10(18)5-7-17-12-9(4-3-6-15-12)16-13(17)21-8-11(19)20/h3-4,6H,2,5,7-8H2,1H3,(H,14,18)(H,19,20). The normalized spacial score (nSPS) is 10.7. The van der Waals surface area contributed by atoms with Crippen LogP contribution < -0.4 is 5.32 Å². The van der Waals surface area contributed by atoms with Gasteiger partial charge in [-0.15, -0.1) is 0 Å². The van der Waals surface area contributed by atoms with Gasteiger partial charge in [-0.25, -0.2) is 9.97 Å². The van der Waals surface area contributed by atoms with Crippen molar-refractivity contribution in [2.75, 3.05) is 12.3 Å². The molecular formula is C13H16N4O3S. The van der Waals surface area contributed by atoms with E-state index in [0.717, 1.165) is 11.8 Å². The lowest BCUT2D eigenvalue weighted by Gasteiger charge is -2.07. The number of carboxylic acids is 1. The molecule has 0 bridgehead atoms. The molecule has 112 valence electrons. The Morgan fingerprint density at radius 1 is 1.48 bits per heavy atom. The molecule has 21 heavy (non-hydrogen) atoms. The number of carbonyl (C=O) groups excluding carboxylic acids is 1. The van der Waals surface area contributed by atoms with E-state index in [2.05, 4.69) is 15.3 Å². The van der Waals surface area contributed by atoms with Crippen LogP contribution in [0.3, 0.4) is 0 Å². The summed E-state index contributed by atoms with van der Waals surface area (Å²) in [5.74, 6) is -1.04. The molecule has 0 saturated carbocycles. The number of rotatable bonds is 7. The lowest BCUT2D eigenvalue weighted by molar-refractivity contribution is -0.134. The SMILES string of the molecule is CCNC(=O)CCn1c(SCC(=O)O)nc2cccnc21. The minimum atomic E-state index is -0.907. The summed E-state index contributed by atoms with van der Waals surface area (Å²) in [5, 5.41) is 12.1. The second-order valence-corrected chi connectivity index (χ2v) is 5.22. The van der Waals surface area contributed by atoms with Crippen molar-refractivity contribution in [3.8, 4) is 0 Å². The summed E-state index contributed by atoms with van der Waals surface area (Å²) >= 11 is 1.13. The van der Waals surface area contributed by atoms with Crippen LogP contribution in [0.15, 0.2) is 23.5 Å². The molecule has 2 N–H and O–H groups in total. The molecule has 0 aliphatic rings. The van der Waals surface area contributed by atoms with Crippen molar-refractivity contribution < 1.29 is 14.7 Å². The number of aryl methyl sites for hydroxylation is 1. The Morgan fingerprint density at radius 3 is 3.00 bits per heavy atom. The molecule has 2 aromatic heterocycles. The molecule has 2 rings (SSSR count). The van der Waals surface area contributed by atoms with Gasteiger partial charge < -0.3 is 15.0 Å². The Hall–Kier alpha value is -2.09. The average Bonchev–Trinajstić information content (AvgIpc) is 2.81. The van der Waals surface area contributed by atoms with Gasteiger partial charge in [0.05, 0.1) is 5.75 Å². The first kappa shape index (κ1) is 15.3. The van der Waals surface area contributed by atoms with Crippen LogP contribution in [0.4, 0.5) is 0 Å². The molecule has 0 spiro atoms. The van der Waals surface area contributed by atoms with Crippen molar-refractivity contribution in [3.05, 3.63) is 18.3 Å². The van der Waals surface area contributed by atoms with Crippen LogP contribution in [0.1, 0.15) is 13.3 Å². The van der Waals surface area contributed by atoms with Crippen LogP contribution >= 0.6 is 11.8 Å². The van der Waals surface area contributed by atoms with E-state index in [1.165, 1.54) is 0 Å². The van der Waals surface area contributed by atoms with Gasteiger partial charge in [0.2, 0.25) is 5.91 Å². The first-order valence-electron chi connectivity index (χ1n) is 6.54. The van der Waals surface area contributed by atoms with Crippen molar-refractivity contribution in [1.29, 1.82) is 0 Å². The van der Waals surface area contributed by atoms with Crippen LogP contribution in [0.5, 0.6) is 0 Å². The number of aliphatic carboxylic acids is 1. The fourth-order valence-electron chi connectivity index (χ4n) is 1.87. The molecule has 0 fully saturated rings. The molecule has 0 aromatic carbocycles. The molecule has 0 aliphatic carbocycles. The van der Waals surface area contributed by atoms with Gasteiger partial charge in [0.15, 0.2) is 10.8 Å². The zero-order valence-electron chi connectivity index (χ0n) is 11.6. The van der Waals surface area contributed by atoms with Crippen LogP contribution in [0.2, 0.25) is 0 Å². The van der Waals surface area contributed by atoms with E-state index >= 15 is 0 Å². The highest BCUT2D eigenvalue weighted by atomic mass is 32.2. The number of amides is 1. The summed E-state index contributed by atoms with van der Waals surface area (Å²) in [6.07, 6.45) is 1.95. The smallest absolute Gasteiger partial charge is 0.313 e. The van der Waals surface area contributed by atoms with Gasteiger partial charge in [-0.05, 0) is 19.1 Å². The highest BCUT2D eigenvalue weighted by Gasteiger charge is 2.14. The number of carboxylic acid groups (broad SMARTS) is 1. The first-order valence-corrected chi connectivity index (χ1v) is 7.53. The third kappa shape index (κ3) is 3.94. The number of nitrogens with one attached hydrogen (secondary N) is 1. The largest absolute Gasteiger partial charge is 0.481 e. The second-order valence-electron chi connectivity index (χ2n) is 4.28. The number of imidazole rings is 1. The minimum absolute atomic E-state index is 0.0514. The third-order valence-corrected chi connectivity index (χ3v) is 3.69. The molecule has 0 radical (unpaired) electrons. The van der Waals surface area contributed by atoms with Crippen LogP contribution in [0.25, 0.3) is 11.2 Å². The molecule has 0 unspecified atom stereocenters. The lowest BCUT2D eigenvalue weighted by atomic mass is 10.4. The fourth-order valence-corrected chi connectivity index (χ4v) is 2.62. The molecule has 0 aliphatic heterocycles.